The summed E-state index contributed by atoms with van der Waals surface area (Å²) in [6, 6.07) is 0. The Morgan fingerprint density at radius 1 is 1.39 bits per heavy atom. The third kappa shape index (κ3) is 2.83. The van der Waals surface area contributed by atoms with Crippen molar-refractivity contribution in [3.63, 3.8) is 0 Å². The van der Waals surface area contributed by atoms with E-state index in [4.69, 9.17) is 0 Å². The molecule has 1 aromatic heterocycles. The monoisotopic (exact) mass is 264 g/mol. The number of halogens is 3. The van der Waals surface area contributed by atoms with Gasteiger partial charge < -0.3 is 4.74 Å². The van der Waals surface area contributed by atoms with Gasteiger partial charge in [-0.1, -0.05) is 0 Å². The summed E-state index contributed by atoms with van der Waals surface area (Å²) in [7, 11) is 0. The molecule has 4 nitrogen and oxygen atoms in total. The van der Waals surface area contributed by atoms with Gasteiger partial charge in [0.2, 0.25) is 0 Å². The van der Waals surface area contributed by atoms with Gasteiger partial charge in [0.15, 0.2) is 5.69 Å². The highest BCUT2D eigenvalue weighted by atomic mass is 19.4. The van der Waals surface area contributed by atoms with Crippen molar-refractivity contribution in [2.75, 3.05) is 6.61 Å². The highest BCUT2D eigenvalue weighted by Crippen LogP contribution is 2.35. The Bertz CT molecular complexity index is 444. The molecule has 18 heavy (non-hydrogen) atoms. The molecule has 0 saturated carbocycles. The number of esters is 1. The van der Waals surface area contributed by atoms with Gasteiger partial charge in [-0.3, -0.25) is 4.68 Å². The zero-order chi connectivity index (χ0) is 14.1. The van der Waals surface area contributed by atoms with Crippen LogP contribution in [0.3, 0.4) is 0 Å². The summed E-state index contributed by atoms with van der Waals surface area (Å²) in [5.41, 5.74) is -2.51. The first-order valence-corrected chi connectivity index (χ1v) is 5.42. The molecule has 0 spiro atoms. The number of aromatic nitrogens is 2. The van der Waals surface area contributed by atoms with Gasteiger partial charge in [-0.05, 0) is 27.7 Å². The third-order valence-corrected chi connectivity index (χ3v) is 2.17. The van der Waals surface area contributed by atoms with E-state index in [1.54, 1.807) is 20.8 Å². The van der Waals surface area contributed by atoms with E-state index in [1.807, 2.05) is 0 Å². The highest BCUT2D eigenvalue weighted by molar-refractivity contribution is 5.90. The number of ether oxygens (including phenoxy) is 1. The molecule has 0 saturated heterocycles. The molecule has 0 amide bonds. The average Bonchev–Trinajstić information content (AvgIpc) is 2.60. The smallest absolute Gasteiger partial charge is 0.433 e. The number of carbonyl (C=O) groups is 1. The molecule has 1 rings (SSSR count). The second kappa shape index (κ2) is 4.62. The Kier molecular flexibility index (Phi) is 3.73. The largest absolute Gasteiger partial charge is 0.462 e. The van der Waals surface area contributed by atoms with E-state index in [1.165, 1.54) is 6.92 Å². The summed E-state index contributed by atoms with van der Waals surface area (Å²) >= 11 is 0. The summed E-state index contributed by atoms with van der Waals surface area (Å²) in [6.07, 6.45) is -3.77. The maximum absolute atomic E-state index is 13.0. The van der Waals surface area contributed by atoms with E-state index < -0.39 is 28.9 Å². The summed E-state index contributed by atoms with van der Waals surface area (Å²) in [6.45, 7) is 6.26. The predicted octanol–water partition coefficient (Wildman–Crippen LogP) is 2.83. The standard InChI is InChI=1S/C11H15F3N2O2/c1-5-18-9(17)7-6-15-16(10(2,3)4)8(7)11(12,13)14/h6H,5H2,1-4H3. The summed E-state index contributed by atoms with van der Waals surface area (Å²) in [4.78, 5) is 11.5. The van der Waals surface area contributed by atoms with Crippen molar-refractivity contribution in [3.05, 3.63) is 17.5 Å². The number of rotatable bonds is 2. The lowest BCUT2D eigenvalue weighted by molar-refractivity contribution is -0.146. The molecule has 0 atom stereocenters. The Hall–Kier alpha value is -1.53. The van der Waals surface area contributed by atoms with Gasteiger partial charge >= 0.3 is 12.1 Å². The average molecular weight is 264 g/mol. The molecule has 0 aliphatic carbocycles. The molecule has 0 radical (unpaired) electrons. The van der Waals surface area contributed by atoms with Gasteiger partial charge in [-0.2, -0.15) is 18.3 Å². The molecular weight excluding hydrogens is 249 g/mol. The van der Waals surface area contributed by atoms with Crippen LogP contribution < -0.4 is 0 Å². The number of alkyl halides is 3. The van der Waals surface area contributed by atoms with E-state index in [0.717, 1.165) is 10.9 Å². The second-order valence-electron chi connectivity index (χ2n) is 4.71. The number of nitrogens with zero attached hydrogens (tertiary/aromatic N) is 2. The predicted molar refractivity (Wildman–Crippen MR) is 58.2 cm³/mol. The summed E-state index contributed by atoms with van der Waals surface area (Å²) < 4.78 is 44.4. The SMILES string of the molecule is CCOC(=O)c1cnn(C(C)(C)C)c1C(F)(F)F. The zero-order valence-electron chi connectivity index (χ0n) is 10.6. The maximum Gasteiger partial charge on any atom is 0.433 e. The van der Waals surface area contributed by atoms with Crippen LogP contribution in [-0.2, 0) is 16.5 Å². The van der Waals surface area contributed by atoms with Crippen LogP contribution in [0.5, 0.6) is 0 Å². The van der Waals surface area contributed by atoms with Crippen molar-refractivity contribution >= 4 is 5.97 Å². The van der Waals surface area contributed by atoms with Crippen molar-refractivity contribution < 1.29 is 22.7 Å². The maximum atomic E-state index is 13.0. The first-order chi connectivity index (χ1) is 8.09. The van der Waals surface area contributed by atoms with E-state index in [-0.39, 0.29) is 6.61 Å². The fraction of sp³-hybridized carbons (Fsp3) is 0.636. The molecule has 0 aromatic carbocycles. The highest BCUT2D eigenvalue weighted by Gasteiger charge is 2.42. The molecule has 102 valence electrons. The van der Waals surface area contributed by atoms with Gasteiger partial charge in [0.25, 0.3) is 0 Å². The Labute approximate surface area is 103 Å². The quantitative estimate of drug-likeness (QED) is 0.771. The molecule has 0 aliphatic heterocycles. The fourth-order valence-electron chi connectivity index (χ4n) is 1.49. The van der Waals surface area contributed by atoms with E-state index in [9.17, 15) is 18.0 Å². The van der Waals surface area contributed by atoms with Gasteiger partial charge in [-0.25, -0.2) is 4.79 Å². The topological polar surface area (TPSA) is 44.1 Å². The van der Waals surface area contributed by atoms with Crippen LogP contribution in [0.25, 0.3) is 0 Å². The summed E-state index contributed by atoms with van der Waals surface area (Å²) in [5, 5.41) is 3.65. The normalized spacial score (nSPS) is 12.6. The minimum Gasteiger partial charge on any atom is -0.462 e. The Morgan fingerprint density at radius 3 is 2.33 bits per heavy atom. The van der Waals surface area contributed by atoms with Crippen molar-refractivity contribution in [2.45, 2.75) is 39.4 Å². The van der Waals surface area contributed by atoms with Crippen molar-refractivity contribution in [3.8, 4) is 0 Å². The molecule has 1 heterocycles. The Balaban J connectivity index is 3.39. The number of carbonyl (C=O) groups excluding carboxylic acids is 1. The lowest BCUT2D eigenvalue weighted by Crippen LogP contribution is -2.30. The second-order valence-corrected chi connectivity index (χ2v) is 4.71. The van der Waals surface area contributed by atoms with Gasteiger partial charge in [-0.15, -0.1) is 0 Å². The molecule has 7 heteroatoms. The molecule has 1 aromatic rings. The number of hydrogen-bond acceptors (Lipinski definition) is 3. The van der Waals surface area contributed by atoms with Crippen LogP contribution in [0.15, 0.2) is 6.20 Å². The lowest BCUT2D eigenvalue weighted by atomic mass is 10.1. The van der Waals surface area contributed by atoms with Crippen molar-refractivity contribution in [1.29, 1.82) is 0 Å². The molecule has 0 N–H and O–H groups in total. The van der Waals surface area contributed by atoms with E-state index in [2.05, 4.69) is 9.84 Å². The molecular formula is C11H15F3N2O2. The lowest BCUT2D eigenvalue weighted by Gasteiger charge is -2.23. The number of hydrogen-bond donors (Lipinski definition) is 0. The first-order valence-electron chi connectivity index (χ1n) is 5.42. The zero-order valence-corrected chi connectivity index (χ0v) is 10.6. The first kappa shape index (κ1) is 14.5. The minimum absolute atomic E-state index is 0.0107. The molecule has 0 aliphatic rings. The van der Waals surface area contributed by atoms with Gasteiger partial charge in [0.05, 0.1) is 18.3 Å². The fourth-order valence-corrected chi connectivity index (χ4v) is 1.49. The molecule has 0 bridgehead atoms. The van der Waals surface area contributed by atoms with E-state index >= 15 is 0 Å². The van der Waals surface area contributed by atoms with Gasteiger partial charge in [0.1, 0.15) is 5.56 Å². The van der Waals surface area contributed by atoms with Crippen LogP contribution in [-0.4, -0.2) is 22.4 Å². The van der Waals surface area contributed by atoms with Crippen LogP contribution in [0.1, 0.15) is 43.7 Å². The summed E-state index contributed by atoms with van der Waals surface area (Å²) in [5.74, 6) is -1.01. The Morgan fingerprint density at radius 2 is 1.94 bits per heavy atom. The van der Waals surface area contributed by atoms with Crippen LogP contribution in [0, 0.1) is 0 Å². The van der Waals surface area contributed by atoms with Crippen LogP contribution in [0.2, 0.25) is 0 Å². The van der Waals surface area contributed by atoms with Crippen molar-refractivity contribution in [2.24, 2.45) is 0 Å². The van der Waals surface area contributed by atoms with Crippen molar-refractivity contribution in [1.82, 2.24) is 9.78 Å². The van der Waals surface area contributed by atoms with E-state index in [0.29, 0.717) is 0 Å². The molecule has 0 unspecified atom stereocenters. The molecule has 0 fully saturated rings. The minimum atomic E-state index is -4.66. The third-order valence-electron chi connectivity index (χ3n) is 2.17. The van der Waals surface area contributed by atoms with Crippen LogP contribution >= 0.6 is 0 Å². The van der Waals surface area contributed by atoms with Gasteiger partial charge in [0, 0.05) is 0 Å². The van der Waals surface area contributed by atoms with Crippen LogP contribution in [0.4, 0.5) is 13.2 Å².